The average Bonchev–Trinajstić information content (AvgIpc) is 2.55. The molecule has 0 unspecified atom stereocenters. The molecule has 1 heterocycles. The van der Waals surface area contributed by atoms with Crippen molar-refractivity contribution in [1.29, 1.82) is 5.26 Å². The van der Waals surface area contributed by atoms with Crippen LogP contribution in [0.3, 0.4) is 0 Å². The molecule has 0 aliphatic carbocycles. The van der Waals surface area contributed by atoms with E-state index in [9.17, 15) is 0 Å². The van der Waals surface area contributed by atoms with Crippen LogP contribution in [0, 0.1) is 11.3 Å². The van der Waals surface area contributed by atoms with Crippen molar-refractivity contribution in [1.82, 2.24) is 5.32 Å². The fraction of sp³-hybridized carbons (Fsp3) is 0.278. The molecule has 0 saturated carbocycles. The van der Waals surface area contributed by atoms with Gasteiger partial charge in [0.05, 0.1) is 24.3 Å². The van der Waals surface area contributed by atoms with E-state index in [-0.39, 0.29) is 6.10 Å². The zero-order chi connectivity index (χ0) is 14.7. The van der Waals surface area contributed by atoms with Gasteiger partial charge in [0.25, 0.3) is 0 Å². The maximum absolute atomic E-state index is 8.91. The monoisotopic (exact) mass is 278 g/mol. The van der Waals surface area contributed by atoms with Crippen molar-refractivity contribution in [3.8, 4) is 17.2 Å². The number of fused-ring (bicyclic) bond motifs is 1. The zero-order valence-corrected chi connectivity index (χ0v) is 12.1. The third kappa shape index (κ3) is 2.69. The van der Waals surface area contributed by atoms with E-state index in [2.05, 4.69) is 29.6 Å². The van der Waals surface area contributed by atoms with E-state index in [1.54, 1.807) is 0 Å². The second-order valence-corrected chi connectivity index (χ2v) is 5.23. The average molecular weight is 278 g/mol. The van der Waals surface area contributed by atoms with Gasteiger partial charge in [0.1, 0.15) is 0 Å². The van der Waals surface area contributed by atoms with Crippen LogP contribution in [0.1, 0.15) is 22.8 Å². The van der Waals surface area contributed by atoms with Gasteiger partial charge in [-0.1, -0.05) is 30.3 Å². The van der Waals surface area contributed by atoms with Gasteiger partial charge < -0.3 is 10.1 Å². The fourth-order valence-electron chi connectivity index (χ4n) is 2.93. The number of nitrogens with one attached hydrogen (secondary N) is 1. The lowest BCUT2D eigenvalue weighted by Crippen LogP contribution is -2.25. The van der Waals surface area contributed by atoms with E-state index in [0.717, 1.165) is 25.1 Å². The van der Waals surface area contributed by atoms with E-state index < -0.39 is 0 Å². The first-order chi connectivity index (χ1) is 10.3. The summed E-state index contributed by atoms with van der Waals surface area (Å²) in [7, 11) is 1.95. The maximum Gasteiger partial charge on any atom is 0.0991 e. The number of nitriles is 1. The Balaban J connectivity index is 2.03. The molecule has 1 aliphatic heterocycles. The van der Waals surface area contributed by atoms with Crippen LogP contribution < -0.4 is 5.32 Å². The number of ether oxygens (including phenoxy) is 1. The van der Waals surface area contributed by atoms with E-state index in [4.69, 9.17) is 10.00 Å². The quantitative estimate of drug-likeness (QED) is 0.938. The summed E-state index contributed by atoms with van der Waals surface area (Å²) in [6.45, 7) is 1.58. The van der Waals surface area contributed by atoms with Gasteiger partial charge in [0.15, 0.2) is 0 Å². The van der Waals surface area contributed by atoms with Gasteiger partial charge in [0.2, 0.25) is 0 Å². The molecule has 1 N–H and O–H groups in total. The van der Waals surface area contributed by atoms with Crippen LogP contribution in [0.15, 0.2) is 42.5 Å². The normalized spacial score (nSPS) is 17.0. The van der Waals surface area contributed by atoms with Gasteiger partial charge in [-0.2, -0.15) is 5.26 Å². The molecule has 3 nitrogen and oxygen atoms in total. The first-order valence-corrected chi connectivity index (χ1v) is 7.22. The molecule has 2 aromatic carbocycles. The van der Waals surface area contributed by atoms with Gasteiger partial charge >= 0.3 is 0 Å². The second kappa shape index (κ2) is 6.09. The van der Waals surface area contributed by atoms with Crippen molar-refractivity contribution >= 4 is 0 Å². The van der Waals surface area contributed by atoms with E-state index in [0.29, 0.717) is 5.56 Å². The summed E-state index contributed by atoms with van der Waals surface area (Å²) in [5, 5.41) is 12.1. The van der Waals surface area contributed by atoms with Crippen LogP contribution >= 0.6 is 0 Å². The Morgan fingerprint density at radius 2 is 2.05 bits per heavy atom. The Labute approximate surface area is 125 Å². The molecule has 0 saturated heterocycles. The summed E-state index contributed by atoms with van der Waals surface area (Å²) in [4.78, 5) is 0. The Hall–Kier alpha value is -2.15. The van der Waals surface area contributed by atoms with E-state index >= 15 is 0 Å². The Morgan fingerprint density at radius 1 is 1.24 bits per heavy atom. The summed E-state index contributed by atoms with van der Waals surface area (Å²) in [5.74, 6) is 0. The molecule has 1 atom stereocenters. The van der Waals surface area contributed by atoms with Gasteiger partial charge in [-0.3, -0.25) is 0 Å². The van der Waals surface area contributed by atoms with Crippen LogP contribution in [-0.4, -0.2) is 20.2 Å². The Morgan fingerprint density at radius 3 is 2.76 bits per heavy atom. The second-order valence-electron chi connectivity index (χ2n) is 5.23. The first kappa shape index (κ1) is 13.8. The van der Waals surface area contributed by atoms with Gasteiger partial charge in [0, 0.05) is 6.54 Å². The molecule has 21 heavy (non-hydrogen) atoms. The standard InChI is InChI=1S/C18H18N2O/c1-20-12-18-17-4-2-3-15(16(17)9-10-21-18)14-7-5-13(11-19)6-8-14/h2-8,18,20H,9-10,12H2,1H3/t18-/m1/s1. The summed E-state index contributed by atoms with van der Waals surface area (Å²) >= 11 is 0. The minimum Gasteiger partial charge on any atom is -0.372 e. The molecule has 3 rings (SSSR count). The predicted molar refractivity (Wildman–Crippen MR) is 82.9 cm³/mol. The molecule has 0 aromatic heterocycles. The van der Waals surface area contributed by atoms with E-state index in [1.165, 1.54) is 16.7 Å². The van der Waals surface area contributed by atoms with Crippen molar-refractivity contribution in [3.05, 3.63) is 59.2 Å². The number of hydrogen-bond donors (Lipinski definition) is 1. The predicted octanol–water partition coefficient (Wildman–Crippen LogP) is 3.06. The highest BCUT2D eigenvalue weighted by Gasteiger charge is 2.22. The molecule has 0 bridgehead atoms. The summed E-state index contributed by atoms with van der Waals surface area (Å²) in [6, 6.07) is 16.4. The molecular weight excluding hydrogens is 260 g/mol. The van der Waals surface area contributed by atoms with Crippen molar-refractivity contribution in [3.63, 3.8) is 0 Å². The Kier molecular flexibility index (Phi) is 4.01. The lowest BCUT2D eigenvalue weighted by molar-refractivity contribution is 0.0440. The molecule has 0 radical (unpaired) electrons. The van der Waals surface area contributed by atoms with Crippen LogP contribution in [-0.2, 0) is 11.2 Å². The molecule has 0 amide bonds. The minimum atomic E-state index is 0.122. The smallest absolute Gasteiger partial charge is 0.0991 e. The topological polar surface area (TPSA) is 45.0 Å². The van der Waals surface area contributed by atoms with Crippen LogP contribution in [0.5, 0.6) is 0 Å². The minimum absolute atomic E-state index is 0.122. The van der Waals surface area contributed by atoms with Gasteiger partial charge in [-0.25, -0.2) is 0 Å². The third-order valence-electron chi connectivity index (χ3n) is 3.94. The zero-order valence-electron chi connectivity index (χ0n) is 12.1. The highest BCUT2D eigenvalue weighted by Crippen LogP contribution is 2.34. The maximum atomic E-state index is 8.91. The highest BCUT2D eigenvalue weighted by molar-refractivity contribution is 5.70. The number of benzene rings is 2. The largest absolute Gasteiger partial charge is 0.372 e. The van der Waals surface area contributed by atoms with Gasteiger partial charge in [-0.15, -0.1) is 0 Å². The van der Waals surface area contributed by atoms with Crippen molar-refractivity contribution in [2.24, 2.45) is 0 Å². The highest BCUT2D eigenvalue weighted by atomic mass is 16.5. The van der Waals surface area contributed by atoms with Crippen molar-refractivity contribution < 1.29 is 4.74 Å². The molecule has 1 aliphatic rings. The summed E-state index contributed by atoms with van der Waals surface area (Å²) in [5.41, 5.74) is 5.75. The third-order valence-corrected chi connectivity index (χ3v) is 3.94. The molecule has 3 heteroatoms. The van der Waals surface area contributed by atoms with Crippen LogP contribution in [0.2, 0.25) is 0 Å². The van der Waals surface area contributed by atoms with Gasteiger partial charge in [-0.05, 0) is 47.9 Å². The number of likely N-dealkylation sites (N-methyl/N-ethyl adjacent to an activating group) is 1. The number of nitrogens with zero attached hydrogens (tertiary/aromatic N) is 1. The van der Waals surface area contributed by atoms with Crippen LogP contribution in [0.25, 0.3) is 11.1 Å². The van der Waals surface area contributed by atoms with Crippen LogP contribution in [0.4, 0.5) is 0 Å². The molecular formula is C18H18N2O. The molecule has 106 valence electrons. The number of hydrogen-bond acceptors (Lipinski definition) is 3. The molecule has 0 spiro atoms. The summed E-state index contributed by atoms with van der Waals surface area (Å²) < 4.78 is 5.87. The lowest BCUT2D eigenvalue weighted by Gasteiger charge is -2.28. The SMILES string of the molecule is CNC[C@H]1OCCc2c(-c3ccc(C#N)cc3)cccc21. The lowest BCUT2D eigenvalue weighted by atomic mass is 9.89. The Bertz CT molecular complexity index is 671. The molecule has 0 fully saturated rings. The van der Waals surface area contributed by atoms with Crippen molar-refractivity contribution in [2.45, 2.75) is 12.5 Å². The first-order valence-electron chi connectivity index (χ1n) is 7.22. The summed E-state index contributed by atoms with van der Waals surface area (Å²) in [6.07, 6.45) is 1.06. The molecule has 2 aromatic rings. The fourth-order valence-corrected chi connectivity index (χ4v) is 2.93. The van der Waals surface area contributed by atoms with Crippen molar-refractivity contribution in [2.75, 3.05) is 20.2 Å². The number of rotatable bonds is 3. The van der Waals surface area contributed by atoms with E-state index in [1.807, 2.05) is 31.3 Å².